The van der Waals surface area contributed by atoms with E-state index >= 15 is 0 Å². The number of nitrogens with one attached hydrogen (secondary N) is 1. The molecule has 0 spiro atoms. The van der Waals surface area contributed by atoms with Crippen LogP contribution in [0.2, 0.25) is 0 Å². The number of rotatable bonds is 6. The summed E-state index contributed by atoms with van der Waals surface area (Å²) in [5.41, 5.74) is 0.395. The molecule has 0 atom stereocenters. The lowest BCUT2D eigenvalue weighted by Crippen LogP contribution is -2.33. The molecule has 19 heavy (non-hydrogen) atoms. The molecule has 0 aliphatic heterocycles. The monoisotopic (exact) mass is 286 g/mol. The first-order valence-electron chi connectivity index (χ1n) is 5.90. The molecular formula is C12H18N2O4S. The highest BCUT2D eigenvalue weighted by atomic mass is 32.2. The normalized spacial score (nSPS) is 11.6. The Morgan fingerprint density at radius 3 is 2.32 bits per heavy atom. The summed E-state index contributed by atoms with van der Waals surface area (Å²) in [5, 5.41) is 11.3. The fourth-order valence-electron chi connectivity index (χ4n) is 1.63. The van der Waals surface area contributed by atoms with Crippen LogP contribution in [0, 0.1) is 0 Å². The summed E-state index contributed by atoms with van der Waals surface area (Å²) in [5.74, 6) is -0.272. The largest absolute Gasteiger partial charge is 0.395 e. The van der Waals surface area contributed by atoms with Crippen molar-refractivity contribution in [3.05, 3.63) is 29.8 Å². The molecular weight excluding hydrogens is 268 g/mol. The highest BCUT2D eigenvalue weighted by Gasteiger charge is 2.22. The zero-order valence-corrected chi connectivity index (χ0v) is 11.8. The van der Waals surface area contributed by atoms with Gasteiger partial charge in [0, 0.05) is 25.7 Å². The van der Waals surface area contributed by atoms with Crippen molar-refractivity contribution < 1.29 is 18.3 Å². The molecule has 1 amide bonds. The van der Waals surface area contributed by atoms with Crippen LogP contribution in [0.5, 0.6) is 0 Å². The average molecular weight is 286 g/mol. The van der Waals surface area contributed by atoms with Gasteiger partial charge in [-0.15, -0.1) is 0 Å². The fraction of sp³-hybridized carbons (Fsp3) is 0.417. The van der Waals surface area contributed by atoms with Crippen molar-refractivity contribution in [2.24, 2.45) is 0 Å². The first-order valence-corrected chi connectivity index (χ1v) is 7.34. The molecule has 0 radical (unpaired) electrons. The van der Waals surface area contributed by atoms with Gasteiger partial charge in [0.2, 0.25) is 10.0 Å². The second kappa shape index (κ2) is 6.65. The van der Waals surface area contributed by atoms with Crippen molar-refractivity contribution in [2.45, 2.75) is 11.8 Å². The van der Waals surface area contributed by atoms with Crippen LogP contribution in [0.4, 0.5) is 0 Å². The number of carbonyl (C=O) groups excluding carboxylic acids is 1. The van der Waals surface area contributed by atoms with Gasteiger partial charge in [-0.25, -0.2) is 8.42 Å². The number of aliphatic hydroxyl groups excluding tert-OH is 1. The second-order valence-electron chi connectivity index (χ2n) is 3.82. The number of hydrogen-bond acceptors (Lipinski definition) is 4. The van der Waals surface area contributed by atoms with Gasteiger partial charge in [-0.05, 0) is 24.3 Å². The molecule has 0 bridgehead atoms. The van der Waals surface area contributed by atoms with Gasteiger partial charge in [0.05, 0.1) is 11.5 Å². The van der Waals surface area contributed by atoms with E-state index in [-0.39, 0.29) is 30.5 Å². The summed E-state index contributed by atoms with van der Waals surface area (Å²) >= 11 is 0. The van der Waals surface area contributed by atoms with Gasteiger partial charge >= 0.3 is 0 Å². The van der Waals surface area contributed by atoms with Crippen LogP contribution in [0.25, 0.3) is 0 Å². The minimum atomic E-state index is -3.62. The minimum Gasteiger partial charge on any atom is -0.395 e. The first-order chi connectivity index (χ1) is 8.97. The molecule has 1 aromatic rings. The third-order valence-electron chi connectivity index (χ3n) is 2.68. The Hall–Kier alpha value is -1.44. The second-order valence-corrected chi connectivity index (χ2v) is 5.76. The number of benzene rings is 1. The van der Waals surface area contributed by atoms with Crippen molar-refractivity contribution in [3.8, 4) is 0 Å². The Balaban J connectivity index is 3.05. The van der Waals surface area contributed by atoms with E-state index < -0.39 is 10.0 Å². The van der Waals surface area contributed by atoms with Gasteiger partial charge in [-0.3, -0.25) is 4.79 Å². The number of amides is 1. The minimum absolute atomic E-state index is 0.0516. The summed E-state index contributed by atoms with van der Waals surface area (Å²) in [7, 11) is -2.11. The van der Waals surface area contributed by atoms with Gasteiger partial charge in [-0.1, -0.05) is 6.92 Å². The molecule has 0 aliphatic rings. The Morgan fingerprint density at radius 2 is 1.89 bits per heavy atom. The summed E-state index contributed by atoms with van der Waals surface area (Å²) < 4.78 is 25.6. The van der Waals surface area contributed by atoms with Gasteiger partial charge in [0.15, 0.2) is 0 Å². The van der Waals surface area contributed by atoms with Gasteiger partial charge in [0.25, 0.3) is 5.91 Å². The lowest BCUT2D eigenvalue weighted by Gasteiger charge is -2.19. The lowest BCUT2D eigenvalue weighted by atomic mass is 10.2. The predicted molar refractivity (Wildman–Crippen MR) is 71.4 cm³/mol. The quantitative estimate of drug-likeness (QED) is 0.773. The van der Waals surface area contributed by atoms with E-state index in [0.29, 0.717) is 5.56 Å². The molecule has 106 valence electrons. The van der Waals surface area contributed by atoms with Crippen LogP contribution in [-0.2, 0) is 10.0 Å². The molecule has 1 aromatic carbocycles. The summed E-state index contributed by atoms with van der Waals surface area (Å²) in [6, 6.07) is 5.69. The number of aliphatic hydroxyl groups is 1. The van der Waals surface area contributed by atoms with Crippen LogP contribution in [-0.4, -0.2) is 50.5 Å². The molecule has 0 unspecified atom stereocenters. The average Bonchev–Trinajstić information content (AvgIpc) is 2.43. The number of nitrogens with zero attached hydrogens (tertiary/aromatic N) is 1. The summed E-state index contributed by atoms with van der Waals surface area (Å²) in [4.78, 5) is 11.5. The Morgan fingerprint density at radius 1 is 1.32 bits per heavy atom. The van der Waals surface area contributed by atoms with E-state index in [1.807, 2.05) is 0 Å². The molecule has 6 nitrogen and oxygen atoms in total. The molecule has 0 aliphatic carbocycles. The lowest BCUT2D eigenvalue weighted by molar-refractivity contribution is 0.0963. The van der Waals surface area contributed by atoms with E-state index in [1.165, 1.54) is 35.6 Å². The van der Waals surface area contributed by atoms with Crippen molar-refractivity contribution in [2.75, 3.05) is 26.7 Å². The first kappa shape index (κ1) is 15.6. The van der Waals surface area contributed by atoms with E-state index in [2.05, 4.69) is 5.32 Å². The third-order valence-corrected chi connectivity index (χ3v) is 4.67. The van der Waals surface area contributed by atoms with E-state index in [1.54, 1.807) is 6.92 Å². The van der Waals surface area contributed by atoms with Crippen molar-refractivity contribution in [1.29, 1.82) is 0 Å². The zero-order valence-electron chi connectivity index (χ0n) is 11.0. The molecule has 7 heteroatoms. The molecule has 0 fully saturated rings. The summed E-state index contributed by atoms with van der Waals surface area (Å²) in [6.45, 7) is 1.80. The maximum absolute atomic E-state index is 12.2. The highest BCUT2D eigenvalue weighted by molar-refractivity contribution is 7.89. The maximum Gasteiger partial charge on any atom is 0.251 e. The SMILES string of the molecule is CCN(CCO)S(=O)(=O)c1ccc(C(=O)NC)cc1. The highest BCUT2D eigenvalue weighted by Crippen LogP contribution is 2.16. The van der Waals surface area contributed by atoms with Gasteiger partial charge in [-0.2, -0.15) is 4.31 Å². The van der Waals surface area contributed by atoms with Crippen LogP contribution in [0.3, 0.4) is 0 Å². The summed E-state index contributed by atoms with van der Waals surface area (Å²) in [6.07, 6.45) is 0. The zero-order chi connectivity index (χ0) is 14.5. The predicted octanol–water partition coefficient (Wildman–Crippen LogP) is 0.0491. The molecule has 0 saturated heterocycles. The smallest absolute Gasteiger partial charge is 0.251 e. The fourth-order valence-corrected chi connectivity index (χ4v) is 3.07. The topological polar surface area (TPSA) is 86.7 Å². The van der Waals surface area contributed by atoms with Gasteiger partial charge < -0.3 is 10.4 Å². The number of hydrogen-bond donors (Lipinski definition) is 2. The molecule has 0 heterocycles. The number of sulfonamides is 1. The Kier molecular flexibility index (Phi) is 5.46. The third kappa shape index (κ3) is 3.52. The molecule has 2 N–H and O–H groups in total. The van der Waals surface area contributed by atoms with E-state index in [4.69, 9.17) is 5.11 Å². The molecule has 0 saturated carbocycles. The van der Waals surface area contributed by atoms with Crippen LogP contribution < -0.4 is 5.32 Å². The Bertz CT molecular complexity index is 525. The van der Waals surface area contributed by atoms with E-state index in [9.17, 15) is 13.2 Å². The molecule has 1 rings (SSSR count). The Labute approximate surface area is 113 Å². The van der Waals surface area contributed by atoms with Crippen molar-refractivity contribution in [3.63, 3.8) is 0 Å². The van der Waals surface area contributed by atoms with Crippen LogP contribution >= 0.6 is 0 Å². The molecule has 0 aromatic heterocycles. The number of likely N-dealkylation sites (N-methyl/N-ethyl adjacent to an activating group) is 1. The standard InChI is InChI=1S/C12H18N2O4S/c1-3-14(8-9-15)19(17,18)11-6-4-10(5-7-11)12(16)13-2/h4-7,15H,3,8-9H2,1-2H3,(H,13,16). The van der Waals surface area contributed by atoms with Crippen LogP contribution in [0.1, 0.15) is 17.3 Å². The van der Waals surface area contributed by atoms with Crippen molar-refractivity contribution in [1.82, 2.24) is 9.62 Å². The van der Waals surface area contributed by atoms with Gasteiger partial charge in [0.1, 0.15) is 0 Å². The van der Waals surface area contributed by atoms with Crippen molar-refractivity contribution >= 4 is 15.9 Å². The van der Waals surface area contributed by atoms with E-state index in [0.717, 1.165) is 0 Å². The maximum atomic E-state index is 12.2. The number of carbonyl (C=O) groups is 1. The van der Waals surface area contributed by atoms with Crippen LogP contribution in [0.15, 0.2) is 29.2 Å².